The van der Waals surface area contributed by atoms with Gasteiger partial charge in [0.05, 0.1) is 42.1 Å². The molecule has 0 saturated heterocycles. The first kappa shape index (κ1) is 19.9. The minimum absolute atomic E-state index is 0.140. The van der Waals surface area contributed by atoms with Gasteiger partial charge >= 0.3 is 0 Å². The predicted molar refractivity (Wildman–Crippen MR) is 119 cm³/mol. The number of anilines is 1. The van der Waals surface area contributed by atoms with Gasteiger partial charge in [-0.05, 0) is 26.0 Å². The number of nitriles is 1. The lowest BCUT2D eigenvalue weighted by atomic mass is 10.0. The number of hydrogen-bond donors (Lipinski definition) is 1. The van der Waals surface area contributed by atoms with Gasteiger partial charge in [-0.25, -0.2) is 8.91 Å². The van der Waals surface area contributed by atoms with Crippen molar-refractivity contribution in [2.75, 3.05) is 18.0 Å². The summed E-state index contributed by atoms with van der Waals surface area (Å²) < 4.78 is 18.3. The predicted octanol–water partition coefficient (Wildman–Crippen LogP) is 2.97. The number of halogens is 1. The Balaban J connectivity index is 1.37. The van der Waals surface area contributed by atoms with Gasteiger partial charge in [0.2, 0.25) is 0 Å². The topological polar surface area (TPSA) is 94.1 Å². The maximum absolute atomic E-state index is 14.7. The summed E-state index contributed by atoms with van der Waals surface area (Å²) in [6.07, 6.45) is 5.92. The third kappa shape index (κ3) is 3.03. The van der Waals surface area contributed by atoms with Crippen LogP contribution >= 0.6 is 0 Å². The van der Waals surface area contributed by atoms with Crippen LogP contribution in [0.5, 0.6) is 0 Å². The first-order valence-corrected chi connectivity index (χ1v) is 11.2. The molecular weight excluding hydrogens is 421 g/mol. The number of aromatic nitrogens is 6. The average molecular weight is 446 g/mol. The number of aromatic amines is 1. The summed E-state index contributed by atoms with van der Waals surface area (Å²) in [6, 6.07) is 6.02. The number of nitrogens with one attached hydrogen (secondary N) is 1. The highest BCUT2D eigenvalue weighted by molar-refractivity contribution is 5.75. The van der Waals surface area contributed by atoms with Crippen molar-refractivity contribution in [3.63, 3.8) is 0 Å². The van der Waals surface area contributed by atoms with Crippen molar-refractivity contribution in [3.05, 3.63) is 64.7 Å². The van der Waals surface area contributed by atoms with Crippen LogP contribution in [0.1, 0.15) is 54.1 Å². The van der Waals surface area contributed by atoms with E-state index in [9.17, 15) is 9.65 Å². The van der Waals surface area contributed by atoms with E-state index in [1.165, 1.54) is 27.5 Å². The molecule has 6 heterocycles. The molecule has 2 atom stereocenters. The van der Waals surface area contributed by atoms with Crippen molar-refractivity contribution in [1.82, 2.24) is 34.5 Å². The summed E-state index contributed by atoms with van der Waals surface area (Å²) in [6.45, 7) is 7.46. The maximum Gasteiger partial charge on any atom is 0.171 e. The Labute approximate surface area is 190 Å². The SMILES string of the molecule is CC(c1cn[nH]c1)N1CCc2nn3c(c2C1)CN(c1ccc(C#N)n2ncc(F)c12)C[C@H]3C. The van der Waals surface area contributed by atoms with Gasteiger partial charge in [0.25, 0.3) is 0 Å². The first-order valence-electron chi connectivity index (χ1n) is 11.2. The molecular formula is C23H24FN9. The molecule has 2 aliphatic heterocycles. The Morgan fingerprint density at radius 1 is 1.27 bits per heavy atom. The second-order valence-corrected chi connectivity index (χ2v) is 8.94. The molecule has 6 rings (SSSR count). The van der Waals surface area contributed by atoms with Gasteiger partial charge < -0.3 is 4.90 Å². The molecule has 4 aromatic heterocycles. The third-order valence-electron chi connectivity index (χ3n) is 7.04. The van der Waals surface area contributed by atoms with E-state index in [-0.39, 0.29) is 12.1 Å². The van der Waals surface area contributed by atoms with Gasteiger partial charge in [0, 0.05) is 49.4 Å². The van der Waals surface area contributed by atoms with Gasteiger partial charge in [-0.3, -0.25) is 14.7 Å². The summed E-state index contributed by atoms with van der Waals surface area (Å²) in [7, 11) is 0. The number of H-pyrrole nitrogens is 1. The van der Waals surface area contributed by atoms with E-state index in [2.05, 4.69) is 49.7 Å². The Morgan fingerprint density at radius 3 is 2.94 bits per heavy atom. The van der Waals surface area contributed by atoms with Crippen LogP contribution in [0.3, 0.4) is 0 Å². The molecule has 0 aromatic carbocycles. The van der Waals surface area contributed by atoms with Crippen LogP contribution in [0.4, 0.5) is 10.1 Å². The van der Waals surface area contributed by atoms with Gasteiger partial charge in [0.15, 0.2) is 5.82 Å². The van der Waals surface area contributed by atoms with Crippen LogP contribution in [-0.2, 0) is 19.5 Å². The number of pyridine rings is 1. The highest BCUT2D eigenvalue weighted by atomic mass is 19.1. The largest absolute Gasteiger partial charge is 0.362 e. The molecule has 1 unspecified atom stereocenters. The molecule has 0 radical (unpaired) electrons. The quantitative estimate of drug-likeness (QED) is 0.521. The van der Waals surface area contributed by atoms with Crippen LogP contribution < -0.4 is 4.90 Å². The molecule has 0 aliphatic carbocycles. The lowest BCUT2D eigenvalue weighted by Crippen LogP contribution is -2.38. The van der Waals surface area contributed by atoms with E-state index in [0.717, 1.165) is 30.9 Å². The molecule has 0 amide bonds. The fourth-order valence-corrected chi connectivity index (χ4v) is 5.25. The summed E-state index contributed by atoms with van der Waals surface area (Å²) >= 11 is 0. The standard InChI is InChI=1S/C23H24FN9/c1-14-11-31(21-4-3-17(7-25)33-23(21)19(24)10-28-33)13-22-18-12-30(6-5-20(18)29-32(14)22)15(2)16-8-26-27-9-16/h3-4,8-10,14-15H,5-6,11-13H2,1-2H3,(H,26,27)/t14-,15?/m1/s1. The maximum atomic E-state index is 14.7. The van der Waals surface area contributed by atoms with Gasteiger partial charge in [0.1, 0.15) is 17.3 Å². The van der Waals surface area contributed by atoms with Gasteiger partial charge in [-0.1, -0.05) is 0 Å². The summed E-state index contributed by atoms with van der Waals surface area (Å²) in [5, 5.41) is 25.5. The van der Waals surface area contributed by atoms with E-state index in [1.54, 1.807) is 6.07 Å². The minimum atomic E-state index is -0.420. The van der Waals surface area contributed by atoms with E-state index in [4.69, 9.17) is 5.10 Å². The van der Waals surface area contributed by atoms with Crippen LogP contribution in [0.25, 0.3) is 5.52 Å². The second-order valence-electron chi connectivity index (χ2n) is 8.94. The lowest BCUT2D eigenvalue weighted by Gasteiger charge is -2.36. The number of fused-ring (bicyclic) bond motifs is 4. The van der Waals surface area contributed by atoms with Crippen molar-refractivity contribution in [3.8, 4) is 6.07 Å². The Hall–Kier alpha value is -3.71. The van der Waals surface area contributed by atoms with Crippen LogP contribution in [0.2, 0.25) is 0 Å². The second kappa shape index (κ2) is 7.42. The molecule has 0 fully saturated rings. The summed E-state index contributed by atoms with van der Waals surface area (Å²) in [5.74, 6) is -0.420. The molecule has 10 heteroatoms. The van der Waals surface area contributed by atoms with E-state index >= 15 is 0 Å². The number of nitrogens with zero attached hydrogens (tertiary/aromatic N) is 8. The monoisotopic (exact) mass is 445 g/mol. The molecule has 4 aromatic rings. The lowest BCUT2D eigenvalue weighted by molar-refractivity contribution is 0.191. The van der Waals surface area contributed by atoms with E-state index in [0.29, 0.717) is 24.3 Å². The molecule has 9 nitrogen and oxygen atoms in total. The fourth-order valence-electron chi connectivity index (χ4n) is 5.25. The Morgan fingerprint density at radius 2 is 2.15 bits per heavy atom. The Kier molecular flexibility index (Phi) is 4.48. The summed E-state index contributed by atoms with van der Waals surface area (Å²) in [4.78, 5) is 4.64. The minimum Gasteiger partial charge on any atom is -0.362 e. The zero-order chi connectivity index (χ0) is 22.7. The molecule has 168 valence electrons. The van der Waals surface area contributed by atoms with E-state index < -0.39 is 5.82 Å². The average Bonchev–Trinajstić information content (AvgIpc) is 3.57. The van der Waals surface area contributed by atoms with Crippen molar-refractivity contribution >= 4 is 11.2 Å². The molecule has 0 saturated carbocycles. The third-order valence-corrected chi connectivity index (χ3v) is 7.04. The number of rotatable bonds is 3. The van der Waals surface area contributed by atoms with Gasteiger partial charge in [-0.15, -0.1) is 0 Å². The molecule has 0 bridgehead atoms. The normalized spacial score (nSPS) is 19.3. The fraction of sp³-hybridized carbons (Fsp3) is 0.391. The highest BCUT2D eigenvalue weighted by Crippen LogP contribution is 2.36. The first-order chi connectivity index (χ1) is 16.0. The molecule has 2 aliphatic rings. The molecule has 33 heavy (non-hydrogen) atoms. The van der Waals surface area contributed by atoms with Crippen LogP contribution in [0, 0.1) is 17.1 Å². The Bertz CT molecular complexity index is 1380. The number of hydrogen-bond acceptors (Lipinski definition) is 6. The zero-order valence-corrected chi connectivity index (χ0v) is 18.5. The van der Waals surface area contributed by atoms with Gasteiger partial charge in [-0.2, -0.15) is 20.6 Å². The van der Waals surface area contributed by atoms with Crippen molar-refractivity contribution in [2.45, 2.75) is 45.4 Å². The highest BCUT2D eigenvalue weighted by Gasteiger charge is 2.33. The smallest absolute Gasteiger partial charge is 0.171 e. The van der Waals surface area contributed by atoms with Crippen LogP contribution in [0.15, 0.2) is 30.7 Å². The van der Waals surface area contributed by atoms with Crippen LogP contribution in [-0.4, -0.2) is 47.6 Å². The van der Waals surface area contributed by atoms with Crippen molar-refractivity contribution < 1.29 is 4.39 Å². The summed E-state index contributed by atoms with van der Waals surface area (Å²) in [5.41, 5.74) is 6.19. The molecule has 1 N–H and O–H groups in total. The van der Waals surface area contributed by atoms with Crippen molar-refractivity contribution in [2.24, 2.45) is 0 Å². The van der Waals surface area contributed by atoms with E-state index in [1.807, 2.05) is 18.5 Å². The van der Waals surface area contributed by atoms with Crippen molar-refractivity contribution in [1.29, 1.82) is 5.26 Å². The zero-order valence-electron chi connectivity index (χ0n) is 18.5. The molecule has 0 spiro atoms.